The van der Waals surface area contributed by atoms with Crippen LogP contribution in [0.2, 0.25) is 0 Å². The van der Waals surface area contributed by atoms with Crippen molar-refractivity contribution in [2.45, 2.75) is 17.1 Å². The van der Waals surface area contributed by atoms with Gasteiger partial charge in [0.15, 0.2) is 0 Å². The Labute approximate surface area is 193 Å². The van der Waals surface area contributed by atoms with Crippen molar-refractivity contribution in [1.29, 1.82) is 0 Å². The van der Waals surface area contributed by atoms with Gasteiger partial charge in [-0.15, -0.1) is 11.8 Å². The molecule has 1 atom stereocenters. The van der Waals surface area contributed by atoms with Gasteiger partial charge < -0.3 is 15.7 Å². The molecule has 0 heterocycles. The van der Waals surface area contributed by atoms with Gasteiger partial charge >= 0.3 is 5.97 Å². The minimum Gasteiger partial charge on any atom is -0.478 e. The fraction of sp³-hybridized carbons (Fsp3) is 0.0870. The van der Waals surface area contributed by atoms with E-state index in [1.165, 1.54) is 60.3 Å². The summed E-state index contributed by atoms with van der Waals surface area (Å²) in [7, 11) is 0. The van der Waals surface area contributed by atoms with E-state index in [-0.39, 0.29) is 22.7 Å². The highest BCUT2D eigenvalue weighted by Gasteiger charge is 2.16. The first-order chi connectivity index (χ1) is 15.7. The molecule has 0 aliphatic carbocycles. The molecule has 3 aromatic rings. The number of hydrogen-bond donors (Lipinski definition) is 3. The average Bonchev–Trinajstić information content (AvgIpc) is 2.79. The number of hydrogen-bond acceptors (Lipinski definition) is 6. The number of carboxylic acid groups (broad SMARTS) is 1. The second-order valence-electron chi connectivity index (χ2n) is 6.92. The molecule has 1 unspecified atom stereocenters. The molecule has 3 rings (SSSR count). The summed E-state index contributed by atoms with van der Waals surface area (Å²) in [6.07, 6.45) is 0. The summed E-state index contributed by atoms with van der Waals surface area (Å²) >= 11 is 1.29. The van der Waals surface area contributed by atoms with Crippen molar-refractivity contribution in [3.8, 4) is 0 Å². The van der Waals surface area contributed by atoms with Crippen LogP contribution in [0.3, 0.4) is 0 Å². The third-order valence-corrected chi connectivity index (χ3v) is 5.61. The van der Waals surface area contributed by atoms with Gasteiger partial charge in [-0.25, -0.2) is 4.79 Å². The molecule has 3 N–H and O–H groups in total. The summed E-state index contributed by atoms with van der Waals surface area (Å²) in [6.45, 7) is 1.73. The molecular weight excluding hydrogens is 446 g/mol. The van der Waals surface area contributed by atoms with Crippen molar-refractivity contribution in [2.75, 3.05) is 10.6 Å². The summed E-state index contributed by atoms with van der Waals surface area (Å²) in [5.41, 5.74) is 1.31. The third-order valence-electron chi connectivity index (χ3n) is 4.51. The van der Waals surface area contributed by atoms with Crippen LogP contribution in [0.4, 0.5) is 17.1 Å². The number of carbonyl (C=O) groups excluding carboxylic acids is 2. The monoisotopic (exact) mass is 465 g/mol. The summed E-state index contributed by atoms with van der Waals surface area (Å²) < 4.78 is 0. The molecule has 0 saturated heterocycles. The lowest BCUT2D eigenvalue weighted by atomic mass is 10.2. The highest BCUT2D eigenvalue weighted by Crippen LogP contribution is 2.27. The molecule has 168 valence electrons. The van der Waals surface area contributed by atoms with Gasteiger partial charge in [0.25, 0.3) is 11.6 Å². The molecule has 2 amide bonds. The van der Waals surface area contributed by atoms with Gasteiger partial charge in [-0.05, 0) is 61.5 Å². The van der Waals surface area contributed by atoms with E-state index in [4.69, 9.17) is 5.11 Å². The van der Waals surface area contributed by atoms with Gasteiger partial charge in [0.1, 0.15) is 0 Å². The van der Waals surface area contributed by atoms with Gasteiger partial charge in [0, 0.05) is 34.0 Å². The number of nitrogens with one attached hydrogen (secondary N) is 2. The van der Waals surface area contributed by atoms with Crippen molar-refractivity contribution >= 4 is 46.6 Å². The number of anilines is 2. The Morgan fingerprint density at radius 2 is 1.55 bits per heavy atom. The van der Waals surface area contributed by atoms with E-state index in [2.05, 4.69) is 10.6 Å². The summed E-state index contributed by atoms with van der Waals surface area (Å²) in [4.78, 5) is 46.8. The number of nitro benzene ring substituents is 1. The Hall–Kier alpha value is -4.18. The zero-order chi connectivity index (χ0) is 24.0. The lowest BCUT2D eigenvalue weighted by Crippen LogP contribution is -2.22. The largest absolute Gasteiger partial charge is 0.478 e. The molecule has 10 heteroatoms. The van der Waals surface area contributed by atoms with E-state index in [1.54, 1.807) is 31.2 Å². The van der Waals surface area contributed by atoms with Crippen LogP contribution in [-0.4, -0.2) is 33.1 Å². The normalized spacial score (nSPS) is 11.3. The average molecular weight is 465 g/mol. The smallest absolute Gasteiger partial charge is 0.335 e. The Balaban J connectivity index is 1.60. The van der Waals surface area contributed by atoms with E-state index in [0.29, 0.717) is 11.4 Å². The quantitative estimate of drug-likeness (QED) is 0.250. The second-order valence-corrected chi connectivity index (χ2v) is 8.33. The first-order valence-electron chi connectivity index (χ1n) is 9.69. The van der Waals surface area contributed by atoms with Crippen LogP contribution in [0.1, 0.15) is 27.6 Å². The standard InChI is InChI=1S/C23H19N3O6S/c1-14(21(27)24-17-9-5-16(6-10-17)23(29)30)33-20-4-2-3-18(13-20)25-22(28)15-7-11-19(12-8-15)26(31)32/h2-14H,1H3,(H,24,27)(H,25,28)(H,29,30). The van der Waals surface area contributed by atoms with Crippen LogP contribution in [0.15, 0.2) is 77.7 Å². The van der Waals surface area contributed by atoms with E-state index < -0.39 is 22.0 Å². The van der Waals surface area contributed by atoms with E-state index >= 15 is 0 Å². The van der Waals surface area contributed by atoms with Gasteiger partial charge in [0.05, 0.1) is 15.7 Å². The fourth-order valence-corrected chi connectivity index (χ4v) is 3.71. The number of rotatable bonds is 8. The molecule has 0 radical (unpaired) electrons. The van der Waals surface area contributed by atoms with Gasteiger partial charge in [0.2, 0.25) is 5.91 Å². The van der Waals surface area contributed by atoms with Crippen molar-refractivity contribution in [2.24, 2.45) is 0 Å². The van der Waals surface area contributed by atoms with Crippen molar-refractivity contribution in [1.82, 2.24) is 0 Å². The van der Waals surface area contributed by atoms with Crippen LogP contribution in [0.5, 0.6) is 0 Å². The van der Waals surface area contributed by atoms with Crippen LogP contribution >= 0.6 is 11.8 Å². The maximum Gasteiger partial charge on any atom is 0.335 e. The third kappa shape index (κ3) is 6.40. The van der Waals surface area contributed by atoms with Crippen LogP contribution < -0.4 is 10.6 Å². The first kappa shape index (κ1) is 23.5. The molecular formula is C23H19N3O6S. The molecule has 0 fully saturated rings. The number of carboxylic acids is 1. The number of nitrogens with zero attached hydrogens (tertiary/aromatic N) is 1. The number of benzene rings is 3. The molecule has 3 aromatic carbocycles. The van der Waals surface area contributed by atoms with Gasteiger partial charge in [-0.2, -0.15) is 0 Å². The zero-order valence-corrected chi connectivity index (χ0v) is 18.2. The maximum absolute atomic E-state index is 12.5. The predicted octanol–water partition coefficient (Wildman–Crippen LogP) is 4.66. The molecule has 9 nitrogen and oxygen atoms in total. The summed E-state index contributed by atoms with van der Waals surface area (Å²) in [5, 5.41) is 24.7. The number of nitro groups is 1. The molecule has 33 heavy (non-hydrogen) atoms. The molecule has 0 aliphatic heterocycles. The van der Waals surface area contributed by atoms with Gasteiger partial charge in [-0.3, -0.25) is 19.7 Å². The SMILES string of the molecule is CC(Sc1cccc(NC(=O)c2ccc([N+](=O)[O-])cc2)c1)C(=O)Nc1ccc(C(=O)O)cc1. The minimum atomic E-state index is -1.04. The molecule has 0 spiro atoms. The molecule has 0 bridgehead atoms. The number of aromatic carboxylic acids is 1. The maximum atomic E-state index is 12.5. The zero-order valence-electron chi connectivity index (χ0n) is 17.3. The highest BCUT2D eigenvalue weighted by atomic mass is 32.2. The van der Waals surface area contributed by atoms with Crippen LogP contribution in [0.25, 0.3) is 0 Å². The molecule has 0 saturated carbocycles. The fourth-order valence-electron chi connectivity index (χ4n) is 2.78. The lowest BCUT2D eigenvalue weighted by Gasteiger charge is -2.13. The van der Waals surface area contributed by atoms with E-state index in [0.717, 1.165) is 4.90 Å². The Kier molecular flexibility index (Phi) is 7.42. The Bertz CT molecular complexity index is 1200. The van der Waals surface area contributed by atoms with Crippen molar-refractivity contribution < 1.29 is 24.4 Å². The van der Waals surface area contributed by atoms with Crippen molar-refractivity contribution in [3.05, 3.63) is 94.0 Å². The predicted molar refractivity (Wildman–Crippen MR) is 125 cm³/mol. The molecule has 0 aromatic heterocycles. The topological polar surface area (TPSA) is 139 Å². The second kappa shape index (κ2) is 10.4. The summed E-state index contributed by atoms with van der Waals surface area (Å²) in [6, 6.07) is 18.1. The van der Waals surface area contributed by atoms with Crippen LogP contribution in [0, 0.1) is 10.1 Å². The van der Waals surface area contributed by atoms with Crippen molar-refractivity contribution in [3.63, 3.8) is 0 Å². The number of amides is 2. The van der Waals surface area contributed by atoms with E-state index in [1.807, 2.05) is 0 Å². The lowest BCUT2D eigenvalue weighted by molar-refractivity contribution is -0.384. The Morgan fingerprint density at radius 3 is 2.15 bits per heavy atom. The minimum absolute atomic E-state index is 0.102. The number of carbonyl (C=O) groups is 3. The summed E-state index contributed by atoms with van der Waals surface area (Å²) in [5.74, 6) is -1.72. The first-order valence-corrected chi connectivity index (χ1v) is 10.6. The Morgan fingerprint density at radius 1 is 0.909 bits per heavy atom. The number of non-ortho nitro benzene ring substituents is 1. The molecule has 0 aliphatic rings. The van der Waals surface area contributed by atoms with Gasteiger partial charge in [-0.1, -0.05) is 6.07 Å². The van der Waals surface area contributed by atoms with Crippen LogP contribution in [-0.2, 0) is 4.79 Å². The number of thioether (sulfide) groups is 1. The van der Waals surface area contributed by atoms with E-state index in [9.17, 15) is 24.5 Å². The highest BCUT2D eigenvalue weighted by molar-refractivity contribution is 8.00.